The Morgan fingerprint density at radius 1 is 0.977 bits per heavy atom. The fourth-order valence-corrected chi connectivity index (χ4v) is 5.55. The van der Waals surface area contributed by atoms with Crippen LogP contribution < -0.4 is 19.8 Å². The van der Waals surface area contributed by atoms with E-state index >= 15 is 0 Å². The fourth-order valence-electron chi connectivity index (χ4n) is 4.64. The van der Waals surface area contributed by atoms with E-state index in [2.05, 4.69) is 27.7 Å². The van der Waals surface area contributed by atoms with Gasteiger partial charge in [-0.1, -0.05) is 41.9 Å². The van der Waals surface area contributed by atoms with Crippen LogP contribution in [0.4, 0.5) is 0 Å². The van der Waals surface area contributed by atoms with Crippen molar-refractivity contribution in [1.29, 1.82) is 0 Å². The summed E-state index contributed by atoms with van der Waals surface area (Å²) in [6.45, 7) is 2.71. The van der Waals surface area contributed by atoms with E-state index in [4.69, 9.17) is 35.2 Å². The number of benzene rings is 4. The molecule has 10 heteroatoms. The Morgan fingerprint density at radius 3 is 2.58 bits per heavy atom. The van der Waals surface area contributed by atoms with Crippen molar-refractivity contribution in [3.8, 4) is 28.8 Å². The number of methoxy groups -OCH3 is 1. The highest BCUT2D eigenvalue weighted by Gasteiger charge is 2.18. The largest absolute Gasteiger partial charge is 0.496 e. The second-order valence-corrected chi connectivity index (χ2v) is 11.1. The van der Waals surface area contributed by atoms with Crippen molar-refractivity contribution in [2.75, 3.05) is 13.7 Å². The van der Waals surface area contributed by atoms with Gasteiger partial charge in [-0.3, -0.25) is 4.79 Å². The van der Waals surface area contributed by atoms with E-state index in [1.54, 1.807) is 37.6 Å². The molecule has 2 heterocycles. The average molecular weight is 706 g/mol. The molecule has 0 radical (unpaired) electrons. The van der Waals surface area contributed by atoms with Crippen molar-refractivity contribution in [3.05, 3.63) is 115 Å². The van der Waals surface area contributed by atoms with Gasteiger partial charge in [0.25, 0.3) is 5.56 Å². The lowest BCUT2D eigenvalue weighted by Crippen LogP contribution is -2.20. The Balaban J connectivity index is 1.41. The Morgan fingerprint density at radius 2 is 1.79 bits per heavy atom. The first-order chi connectivity index (χ1) is 20.9. The van der Waals surface area contributed by atoms with Gasteiger partial charge in [-0.15, -0.1) is 0 Å². The number of rotatable bonds is 9. The van der Waals surface area contributed by atoms with Crippen molar-refractivity contribution in [1.82, 2.24) is 9.66 Å². The third-order valence-electron chi connectivity index (χ3n) is 6.67. The van der Waals surface area contributed by atoms with Crippen LogP contribution in [0.5, 0.6) is 17.2 Å². The van der Waals surface area contributed by atoms with Gasteiger partial charge in [0.2, 0.25) is 5.82 Å². The number of nitrogens with zero attached hydrogens (tertiary/aromatic N) is 3. The predicted octanol–water partition coefficient (Wildman–Crippen LogP) is 7.94. The van der Waals surface area contributed by atoms with Gasteiger partial charge in [0.15, 0.2) is 17.3 Å². The molecule has 216 valence electrons. The first kappa shape index (κ1) is 28.8. The number of ether oxygens (including phenoxy) is 3. The number of para-hydroxylation sites is 1. The molecule has 0 atom stereocenters. The normalized spacial score (nSPS) is 11.4. The summed E-state index contributed by atoms with van der Waals surface area (Å²) in [5.41, 5.74) is 2.51. The molecule has 0 bridgehead atoms. The van der Waals surface area contributed by atoms with Gasteiger partial charge in [0, 0.05) is 5.02 Å². The number of fused-ring (bicyclic) bond motifs is 2. The van der Waals surface area contributed by atoms with Gasteiger partial charge in [0.05, 0.1) is 39.8 Å². The third kappa shape index (κ3) is 5.95. The molecule has 2 aromatic heterocycles. The molecule has 0 unspecified atom stereocenters. The smallest absolute Gasteiger partial charge is 0.282 e. The molecule has 0 aliphatic heterocycles. The minimum Gasteiger partial charge on any atom is -0.496 e. The Labute approximate surface area is 265 Å². The van der Waals surface area contributed by atoms with Crippen LogP contribution in [0.2, 0.25) is 5.02 Å². The van der Waals surface area contributed by atoms with Crippen molar-refractivity contribution in [2.45, 2.75) is 13.5 Å². The molecule has 6 aromatic rings. The molecular formula is C33H25ClIN3O5. The van der Waals surface area contributed by atoms with Crippen LogP contribution in [0.15, 0.2) is 99.2 Å². The van der Waals surface area contributed by atoms with Gasteiger partial charge >= 0.3 is 0 Å². The van der Waals surface area contributed by atoms with Crippen molar-refractivity contribution in [2.24, 2.45) is 5.10 Å². The number of halogens is 2. The minimum absolute atomic E-state index is 0.265. The maximum atomic E-state index is 13.7. The number of furan rings is 1. The van der Waals surface area contributed by atoms with Gasteiger partial charge < -0.3 is 18.6 Å². The molecule has 0 saturated heterocycles. The molecule has 0 saturated carbocycles. The van der Waals surface area contributed by atoms with E-state index in [0.29, 0.717) is 63.3 Å². The van der Waals surface area contributed by atoms with Crippen LogP contribution in [-0.4, -0.2) is 29.6 Å². The average Bonchev–Trinajstić information content (AvgIpc) is 3.46. The highest BCUT2D eigenvalue weighted by molar-refractivity contribution is 14.1. The van der Waals surface area contributed by atoms with Gasteiger partial charge in [0.1, 0.15) is 17.9 Å². The molecule has 0 spiro atoms. The number of hydrogen-bond acceptors (Lipinski definition) is 7. The molecule has 4 aromatic carbocycles. The summed E-state index contributed by atoms with van der Waals surface area (Å²) in [5.74, 6) is 2.49. The monoisotopic (exact) mass is 705 g/mol. The lowest BCUT2D eigenvalue weighted by atomic mass is 10.2. The van der Waals surface area contributed by atoms with E-state index < -0.39 is 0 Å². The second kappa shape index (κ2) is 12.5. The predicted molar refractivity (Wildman–Crippen MR) is 177 cm³/mol. The lowest BCUT2D eigenvalue weighted by Gasteiger charge is -2.15. The Bertz CT molecular complexity index is 2040. The van der Waals surface area contributed by atoms with Crippen LogP contribution in [0.25, 0.3) is 33.5 Å². The molecule has 8 nitrogen and oxygen atoms in total. The topological polar surface area (TPSA) is 88.1 Å². The molecule has 6 rings (SSSR count). The van der Waals surface area contributed by atoms with E-state index in [-0.39, 0.29) is 11.4 Å². The first-order valence-electron chi connectivity index (χ1n) is 13.4. The summed E-state index contributed by atoms with van der Waals surface area (Å²) in [6, 6.07) is 25.7. The van der Waals surface area contributed by atoms with Gasteiger partial charge in [-0.05, 0) is 95.2 Å². The molecule has 0 N–H and O–H groups in total. The lowest BCUT2D eigenvalue weighted by molar-refractivity contribution is 0.267. The summed E-state index contributed by atoms with van der Waals surface area (Å²) in [5, 5.41) is 6.47. The van der Waals surface area contributed by atoms with Gasteiger partial charge in [-0.2, -0.15) is 9.78 Å². The maximum absolute atomic E-state index is 13.7. The molecular weight excluding hydrogens is 681 g/mol. The zero-order chi connectivity index (χ0) is 29.9. The summed E-state index contributed by atoms with van der Waals surface area (Å²) in [4.78, 5) is 18.5. The van der Waals surface area contributed by atoms with Crippen LogP contribution in [0, 0.1) is 3.57 Å². The molecule has 0 aliphatic carbocycles. The summed E-state index contributed by atoms with van der Waals surface area (Å²) >= 11 is 8.22. The summed E-state index contributed by atoms with van der Waals surface area (Å²) in [7, 11) is 1.60. The summed E-state index contributed by atoms with van der Waals surface area (Å²) < 4.78 is 25.8. The third-order valence-corrected chi connectivity index (χ3v) is 7.72. The van der Waals surface area contributed by atoms with E-state index in [0.717, 1.165) is 14.5 Å². The molecule has 0 aliphatic rings. The van der Waals surface area contributed by atoms with Crippen molar-refractivity contribution in [3.63, 3.8) is 0 Å². The zero-order valence-electron chi connectivity index (χ0n) is 23.2. The Hall–Kier alpha value is -4.35. The van der Waals surface area contributed by atoms with Crippen LogP contribution in [-0.2, 0) is 6.61 Å². The zero-order valence-corrected chi connectivity index (χ0v) is 26.1. The van der Waals surface area contributed by atoms with Crippen molar-refractivity contribution < 1.29 is 18.6 Å². The standard InChI is InChI=1S/C33H25ClIN3O5/c1-3-41-29-16-21(15-25(35)31(29)42-19-20-11-13-22(34)14-12-20)18-36-38-32(37-26-8-5-4-7-23(26)33(38)39)30-17-24-27(40-2)9-6-10-28(24)43-30/h4-18H,3,19H2,1-2H3. The maximum Gasteiger partial charge on any atom is 0.282 e. The SMILES string of the molecule is CCOc1cc(C=Nn2c(-c3cc4c(OC)cccc4o3)nc3ccccc3c2=O)cc(I)c1OCc1ccc(Cl)cc1. The van der Waals surface area contributed by atoms with Crippen LogP contribution >= 0.6 is 34.2 Å². The van der Waals surface area contributed by atoms with Crippen LogP contribution in [0.3, 0.4) is 0 Å². The van der Waals surface area contributed by atoms with Gasteiger partial charge in [-0.25, -0.2) is 4.98 Å². The van der Waals surface area contributed by atoms with E-state index in [9.17, 15) is 4.79 Å². The molecule has 0 fully saturated rings. The molecule has 43 heavy (non-hydrogen) atoms. The second-order valence-electron chi connectivity index (χ2n) is 9.47. The Kier molecular flexibility index (Phi) is 8.35. The fraction of sp³-hybridized carbons (Fsp3) is 0.121. The molecule has 0 amide bonds. The number of aromatic nitrogens is 2. The quantitative estimate of drug-likeness (QED) is 0.112. The summed E-state index contributed by atoms with van der Waals surface area (Å²) in [6.07, 6.45) is 1.60. The van der Waals surface area contributed by atoms with Crippen LogP contribution in [0.1, 0.15) is 18.1 Å². The van der Waals surface area contributed by atoms with Crippen molar-refractivity contribution >= 4 is 62.3 Å². The minimum atomic E-state index is -0.327. The van der Waals surface area contributed by atoms with E-state index in [1.165, 1.54) is 4.68 Å². The van der Waals surface area contributed by atoms with E-state index in [1.807, 2.05) is 67.6 Å². The first-order valence-corrected chi connectivity index (χ1v) is 14.9. The highest BCUT2D eigenvalue weighted by Crippen LogP contribution is 2.35. The number of hydrogen-bond donors (Lipinski definition) is 0. The highest BCUT2D eigenvalue weighted by atomic mass is 127.